The van der Waals surface area contributed by atoms with E-state index in [1.54, 1.807) is 0 Å². The van der Waals surface area contributed by atoms with Crippen LogP contribution in [-0.2, 0) is 0 Å². The van der Waals surface area contributed by atoms with Crippen molar-refractivity contribution in [2.75, 3.05) is 0 Å². The molecule has 238 valence electrons. The van der Waals surface area contributed by atoms with Gasteiger partial charge in [-0.2, -0.15) is 0 Å². The van der Waals surface area contributed by atoms with E-state index < -0.39 is 0 Å². The fourth-order valence-corrected chi connectivity index (χ4v) is 8.87. The van der Waals surface area contributed by atoms with E-state index in [1.807, 2.05) is 0 Å². The number of aryl methyl sites for hydroxylation is 8. The lowest BCUT2D eigenvalue weighted by atomic mass is 9.33. The first-order valence-electron chi connectivity index (χ1n) is 17.6. The van der Waals surface area contributed by atoms with Gasteiger partial charge in [-0.1, -0.05) is 176 Å². The van der Waals surface area contributed by atoms with Crippen LogP contribution in [-0.4, -0.2) is 6.71 Å². The molecule has 0 nitrogen and oxygen atoms in total. The average molecular weight is 631 g/mol. The Bertz CT molecular complexity index is 2450. The van der Waals surface area contributed by atoms with Gasteiger partial charge < -0.3 is 0 Å². The largest absolute Gasteiger partial charge is 0.243 e. The maximum absolute atomic E-state index is 2.54. The van der Waals surface area contributed by atoms with E-state index in [-0.39, 0.29) is 6.71 Å². The molecule has 0 N–H and O–H groups in total. The normalized spacial score (nSPS) is 11.7. The number of benzene rings is 8. The first kappa shape index (κ1) is 31.2. The van der Waals surface area contributed by atoms with Crippen molar-refractivity contribution in [3.05, 3.63) is 160 Å². The predicted octanol–water partition coefficient (Wildman–Crippen LogP) is 10.9. The van der Waals surface area contributed by atoms with Crippen LogP contribution in [0.1, 0.15) is 44.5 Å². The first-order valence-corrected chi connectivity index (χ1v) is 17.6. The van der Waals surface area contributed by atoms with E-state index in [0.717, 1.165) is 0 Å². The lowest BCUT2D eigenvalue weighted by molar-refractivity contribution is 1.34. The Morgan fingerprint density at radius 2 is 0.776 bits per heavy atom. The van der Waals surface area contributed by atoms with Gasteiger partial charge in [0.1, 0.15) is 0 Å². The smallest absolute Gasteiger partial charge is 0.0629 e. The van der Waals surface area contributed by atoms with E-state index in [9.17, 15) is 0 Å². The summed E-state index contributed by atoms with van der Waals surface area (Å²) in [5.74, 6) is 0. The SMILES string of the molecule is Cc1ccc(-c2ccc3ccc4c(-c5ccc(C)cc5)cc(B(c5c(C)cc(C)cc5C)c5c(C)cc(C)cc5C)c5ccc2c3c54)cc1. The molecule has 0 fully saturated rings. The zero-order valence-electron chi connectivity index (χ0n) is 30.0. The van der Waals surface area contributed by atoms with Crippen LogP contribution < -0.4 is 16.4 Å². The average Bonchev–Trinajstić information content (AvgIpc) is 3.06. The van der Waals surface area contributed by atoms with Crippen LogP contribution in [0.4, 0.5) is 0 Å². The third kappa shape index (κ3) is 5.15. The highest BCUT2D eigenvalue weighted by molar-refractivity contribution is 6.98. The second-order valence-electron chi connectivity index (χ2n) is 14.7. The molecule has 0 aliphatic carbocycles. The third-order valence-corrected chi connectivity index (χ3v) is 10.9. The van der Waals surface area contributed by atoms with Gasteiger partial charge in [-0.25, -0.2) is 0 Å². The van der Waals surface area contributed by atoms with E-state index in [1.165, 1.54) is 115 Å². The maximum Gasteiger partial charge on any atom is 0.243 e. The van der Waals surface area contributed by atoms with Crippen LogP contribution in [0.15, 0.2) is 115 Å². The second kappa shape index (κ2) is 11.8. The lowest BCUT2D eigenvalue weighted by Crippen LogP contribution is -2.56. The van der Waals surface area contributed by atoms with E-state index >= 15 is 0 Å². The van der Waals surface area contributed by atoms with E-state index in [2.05, 4.69) is 171 Å². The molecule has 0 radical (unpaired) electrons. The molecule has 0 aromatic heterocycles. The number of hydrogen-bond donors (Lipinski definition) is 0. The van der Waals surface area contributed by atoms with Crippen molar-refractivity contribution in [1.82, 2.24) is 0 Å². The molecule has 0 atom stereocenters. The topological polar surface area (TPSA) is 0 Å². The summed E-state index contributed by atoms with van der Waals surface area (Å²) in [5.41, 5.74) is 19.9. The van der Waals surface area contributed by atoms with Crippen LogP contribution >= 0.6 is 0 Å². The summed E-state index contributed by atoms with van der Waals surface area (Å²) in [6.07, 6.45) is 0. The molecule has 0 spiro atoms. The van der Waals surface area contributed by atoms with Crippen LogP contribution in [0.5, 0.6) is 0 Å². The van der Waals surface area contributed by atoms with Gasteiger partial charge in [0.15, 0.2) is 0 Å². The standard InChI is InChI=1S/C48H43B/c1-28-9-13-36(14-10-28)39-19-17-38-18-20-41-43(37-15-11-29(2)12-16-37)27-44(42-22-21-40(39)45(38)46(41)42)49(47-32(5)23-30(3)24-33(47)6)48-34(7)25-31(4)26-35(48)8/h9-27H,1-8H3. The molecular weight excluding hydrogens is 587 g/mol. The molecule has 8 rings (SSSR count). The lowest BCUT2D eigenvalue weighted by Gasteiger charge is -2.27. The van der Waals surface area contributed by atoms with Crippen molar-refractivity contribution in [3.63, 3.8) is 0 Å². The molecule has 0 unspecified atom stereocenters. The Morgan fingerprint density at radius 3 is 1.31 bits per heavy atom. The van der Waals surface area contributed by atoms with Crippen molar-refractivity contribution >= 4 is 55.4 Å². The molecule has 0 saturated heterocycles. The van der Waals surface area contributed by atoms with Gasteiger partial charge in [-0.3, -0.25) is 0 Å². The number of hydrogen-bond acceptors (Lipinski definition) is 0. The highest BCUT2D eigenvalue weighted by Gasteiger charge is 2.31. The fourth-order valence-electron chi connectivity index (χ4n) is 8.87. The summed E-state index contributed by atoms with van der Waals surface area (Å²) in [7, 11) is 0. The van der Waals surface area contributed by atoms with Crippen LogP contribution in [0, 0.1) is 55.4 Å². The quantitative estimate of drug-likeness (QED) is 0.131. The molecule has 0 aliphatic heterocycles. The minimum Gasteiger partial charge on any atom is -0.0629 e. The highest BCUT2D eigenvalue weighted by Crippen LogP contribution is 2.42. The summed E-state index contributed by atoms with van der Waals surface area (Å²) in [4.78, 5) is 0. The van der Waals surface area contributed by atoms with Crippen molar-refractivity contribution in [3.8, 4) is 22.3 Å². The fraction of sp³-hybridized carbons (Fsp3) is 0.167. The maximum atomic E-state index is 2.54. The Hall–Kier alpha value is -5.14. The van der Waals surface area contributed by atoms with Gasteiger partial charge in [0.2, 0.25) is 6.71 Å². The Morgan fingerprint density at radius 1 is 0.347 bits per heavy atom. The van der Waals surface area contributed by atoms with Gasteiger partial charge >= 0.3 is 0 Å². The summed E-state index contributed by atoms with van der Waals surface area (Å²) in [6, 6.07) is 44.3. The summed E-state index contributed by atoms with van der Waals surface area (Å²) in [5, 5.41) is 7.99. The monoisotopic (exact) mass is 630 g/mol. The molecule has 0 bridgehead atoms. The van der Waals surface area contributed by atoms with Gasteiger partial charge in [-0.15, -0.1) is 0 Å². The zero-order valence-corrected chi connectivity index (χ0v) is 30.0. The van der Waals surface area contributed by atoms with E-state index in [4.69, 9.17) is 0 Å². The van der Waals surface area contributed by atoms with Gasteiger partial charge in [0, 0.05) is 0 Å². The summed E-state index contributed by atoms with van der Waals surface area (Å²) >= 11 is 0. The Balaban J connectivity index is 1.56. The summed E-state index contributed by atoms with van der Waals surface area (Å²) < 4.78 is 0. The van der Waals surface area contributed by atoms with Crippen LogP contribution in [0.25, 0.3) is 54.6 Å². The van der Waals surface area contributed by atoms with Gasteiger partial charge in [0.25, 0.3) is 0 Å². The Labute approximate surface area is 291 Å². The third-order valence-electron chi connectivity index (χ3n) is 10.9. The van der Waals surface area contributed by atoms with Crippen LogP contribution in [0.3, 0.4) is 0 Å². The van der Waals surface area contributed by atoms with Crippen LogP contribution in [0.2, 0.25) is 0 Å². The molecule has 8 aromatic rings. The van der Waals surface area contributed by atoms with Gasteiger partial charge in [-0.05, 0) is 110 Å². The minimum absolute atomic E-state index is 0.0755. The van der Waals surface area contributed by atoms with Crippen molar-refractivity contribution in [2.24, 2.45) is 0 Å². The predicted molar refractivity (Wildman–Crippen MR) is 216 cm³/mol. The second-order valence-corrected chi connectivity index (χ2v) is 14.7. The molecule has 0 amide bonds. The molecule has 0 aliphatic rings. The first-order chi connectivity index (χ1) is 23.6. The van der Waals surface area contributed by atoms with Crippen molar-refractivity contribution in [2.45, 2.75) is 55.4 Å². The van der Waals surface area contributed by atoms with Gasteiger partial charge in [0.05, 0.1) is 0 Å². The number of rotatable bonds is 5. The molecule has 49 heavy (non-hydrogen) atoms. The van der Waals surface area contributed by atoms with Crippen molar-refractivity contribution in [1.29, 1.82) is 0 Å². The molecule has 0 heterocycles. The highest BCUT2D eigenvalue weighted by atomic mass is 14.2. The molecule has 1 heteroatoms. The molecule has 0 saturated carbocycles. The Kier molecular flexibility index (Phi) is 7.49. The molecular formula is C48H43B. The van der Waals surface area contributed by atoms with Crippen molar-refractivity contribution < 1.29 is 0 Å². The van der Waals surface area contributed by atoms with E-state index in [0.29, 0.717) is 0 Å². The minimum atomic E-state index is 0.0755. The molecule has 8 aromatic carbocycles. The zero-order chi connectivity index (χ0) is 34.1. The summed E-state index contributed by atoms with van der Waals surface area (Å²) in [6.45, 7) is 18.1.